The van der Waals surface area contributed by atoms with Crippen LogP contribution in [0.25, 0.3) is 5.69 Å². The standard InChI is InChI=1S/C46H49N3O7Si/c1-30-43(57(4,5)37-20-18-36(54-2)19-21-37)41(26-42(51)48-28-33-15-10-9-14-32(33)24-35(48)29-50)56-46(30)38-25-34(47-23-11-16-40(55-3)44(47)52)17-22-39(38)49(45(46)53)27-31-12-7-6-8-13-31/h6-23,25,30,35,41,43,50H,24,26-29H2,1-5H3/t30-,35-,41+,43-,46+/m0/s1. The first-order chi connectivity index (χ1) is 27.5. The summed E-state index contributed by atoms with van der Waals surface area (Å²) in [6.45, 7) is 7.23. The predicted octanol–water partition coefficient (Wildman–Crippen LogP) is 5.95. The van der Waals surface area contributed by atoms with Crippen LogP contribution < -0.4 is 25.1 Å². The number of ether oxygens (including phenoxy) is 3. The number of amides is 2. The van der Waals surface area contributed by atoms with Crippen molar-refractivity contribution in [3.8, 4) is 17.2 Å². The molecule has 0 unspecified atom stereocenters. The first kappa shape index (κ1) is 38.4. The number of aliphatic hydroxyl groups excluding tert-OH is 1. The van der Waals surface area contributed by atoms with Gasteiger partial charge < -0.3 is 29.1 Å². The van der Waals surface area contributed by atoms with Crippen LogP contribution in [0.2, 0.25) is 18.6 Å². The van der Waals surface area contributed by atoms with E-state index in [-0.39, 0.29) is 53.7 Å². The van der Waals surface area contributed by atoms with Crippen LogP contribution in [0.5, 0.6) is 11.5 Å². The molecule has 5 aromatic rings. The second kappa shape index (κ2) is 15.1. The normalized spacial score (nSPS) is 22.7. The highest BCUT2D eigenvalue weighted by Gasteiger charge is 2.66. The van der Waals surface area contributed by atoms with E-state index >= 15 is 4.79 Å². The third kappa shape index (κ3) is 6.47. The number of rotatable bonds is 10. The summed E-state index contributed by atoms with van der Waals surface area (Å²) in [6.07, 6.45) is 1.66. The van der Waals surface area contributed by atoms with Crippen LogP contribution in [0.3, 0.4) is 0 Å². The third-order valence-corrected chi connectivity index (χ3v) is 17.0. The Kier molecular flexibility index (Phi) is 10.2. The molecule has 1 saturated heterocycles. The van der Waals surface area contributed by atoms with Crippen molar-refractivity contribution in [3.05, 3.63) is 148 Å². The largest absolute Gasteiger partial charge is 0.497 e. The highest BCUT2D eigenvalue weighted by molar-refractivity contribution is 6.91. The molecule has 8 rings (SSSR count). The molecule has 1 fully saturated rings. The molecule has 0 bridgehead atoms. The third-order valence-electron chi connectivity index (χ3n) is 12.7. The van der Waals surface area contributed by atoms with Crippen molar-refractivity contribution in [3.63, 3.8) is 0 Å². The zero-order valence-corrected chi connectivity index (χ0v) is 34.1. The molecule has 1 spiro atoms. The average molecular weight is 784 g/mol. The number of carbonyl (C=O) groups is 2. The topological polar surface area (TPSA) is 111 Å². The van der Waals surface area contributed by atoms with E-state index in [2.05, 4.69) is 38.2 Å². The summed E-state index contributed by atoms with van der Waals surface area (Å²) in [4.78, 5) is 47.3. The van der Waals surface area contributed by atoms with E-state index in [4.69, 9.17) is 14.2 Å². The number of hydrogen-bond acceptors (Lipinski definition) is 7. The van der Waals surface area contributed by atoms with Crippen molar-refractivity contribution in [1.29, 1.82) is 0 Å². The van der Waals surface area contributed by atoms with Crippen molar-refractivity contribution in [2.24, 2.45) is 5.92 Å². The molecule has 1 aromatic heterocycles. The van der Waals surface area contributed by atoms with Gasteiger partial charge in [0, 0.05) is 29.9 Å². The Hall–Kier alpha value is -5.49. The Morgan fingerprint density at radius 2 is 1.61 bits per heavy atom. The highest BCUT2D eigenvalue weighted by Crippen LogP contribution is 2.60. The fraction of sp³-hybridized carbons (Fsp3) is 0.326. The van der Waals surface area contributed by atoms with Crippen LogP contribution in [-0.2, 0) is 39.4 Å². The number of pyridine rings is 1. The first-order valence-corrected chi connectivity index (χ1v) is 22.7. The second-order valence-electron chi connectivity index (χ2n) is 16.0. The molecule has 2 amide bonds. The van der Waals surface area contributed by atoms with E-state index in [1.165, 1.54) is 11.7 Å². The van der Waals surface area contributed by atoms with E-state index < -0.39 is 19.8 Å². The van der Waals surface area contributed by atoms with Crippen LogP contribution in [0.15, 0.2) is 120 Å². The number of aromatic nitrogens is 1. The smallest absolute Gasteiger partial charge is 0.297 e. The Morgan fingerprint density at radius 3 is 2.32 bits per heavy atom. The maximum absolute atomic E-state index is 15.5. The number of aliphatic hydroxyl groups is 1. The monoisotopic (exact) mass is 783 g/mol. The van der Waals surface area contributed by atoms with E-state index in [1.807, 2.05) is 78.9 Å². The fourth-order valence-electron chi connectivity index (χ4n) is 9.74. The molecule has 10 nitrogen and oxygen atoms in total. The van der Waals surface area contributed by atoms with Crippen LogP contribution >= 0.6 is 0 Å². The molecule has 0 saturated carbocycles. The van der Waals surface area contributed by atoms with Gasteiger partial charge in [-0.15, -0.1) is 0 Å². The SMILES string of the molecule is COc1ccc([Si](C)(C)[C@@H]2[C@@H](CC(=O)N3Cc4ccccc4C[C@H]3CO)O[C@]3(C(=O)N(Cc4ccccc4)c4ccc(-n5cccc(OC)c5=O)cc43)[C@H]2C)cc1. The fourth-order valence-corrected chi connectivity index (χ4v) is 13.7. The van der Waals surface area contributed by atoms with Gasteiger partial charge in [0.15, 0.2) is 11.4 Å². The number of nitrogens with zero attached hydrogens (tertiary/aromatic N) is 3. The lowest BCUT2D eigenvalue weighted by Crippen LogP contribution is -2.52. The maximum Gasteiger partial charge on any atom is 0.297 e. The van der Waals surface area contributed by atoms with Gasteiger partial charge in [-0.05, 0) is 71.1 Å². The summed E-state index contributed by atoms with van der Waals surface area (Å²) in [5.74, 6) is 0.264. The lowest BCUT2D eigenvalue weighted by atomic mass is 9.82. The van der Waals surface area contributed by atoms with Crippen molar-refractivity contribution in [2.45, 2.75) is 69.2 Å². The minimum absolute atomic E-state index is 0.0400. The molecule has 294 valence electrons. The summed E-state index contributed by atoms with van der Waals surface area (Å²) >= 11 is 0. The lowest BCUT2D eigenvalue weighted by molar-refractivity contribution is -0.151. The van der Waals surface area contributed by atoms with Crippen molar-refractivity contribution < 1.29 is 28.9 Å². The van der Waals surface area contributed by atoms with E-state index in [0.29, 0.717) is 36.4 Å². The molecular weight excluding hydrogens is 735 g/mol. The number of benzene rings is 4. The quantitative estimate of drug-likeness (QED) is 0.174. The number of fused-ring (bicyclic) bond motifs is 3. The molecule has 0 radical (unpaired) electrons. The average Bonchev–Trinajstić information content (AvgIpc) is 3.66. The molecule has 57 heavy (non-hydrogen) atoms. The van der Waals surface area contributed by atoms with E-state index in [1.54, 1.807) is 35.2 Å². The van der Waals surface area contributed by atoms with Gasteiger partial charge in [-0.2, -0.15) is 0 Å². The van der Waals surface area contributed by atoms with Crippen LogP contribution in [0.1, 0.15) is 35.6 Å². The van der Waals surface area contributed by atoms with Crippen molar-refractivity contribution in [2.75, 3.05) is 25.7 Å². The van der Waals surface area contributed by atoms with Crippen LogP contribution in [-0.4, -0.2) is 67.4 Å². The number of hydrogen-bond donors (Lipinski definition) is 1. The molecule has 4 heterocycles. The highest BCUT2D eigenvalue weighted by atomic mass is 28.3. The zero-order valence-electron chi connectivity index (χ0n) is 33.1. The van der Waals surface area contributed by atoms with Gasteiger partial charge in [0.1, 0.15) is 5.75 Å². The zero-order chi connectivity index (χ0) is 40.1. The molecule has 0 aliphatic carbocycles. The van der Waals surface area contributed by atoms with Gasteiger partial charge >= 0.3 is 0 Å². The minimum Gasteiger partial charge on any atom is -0.497 e. The lowest BCUT2D eigenvalue weighted by Gasteiger charge is -2.39. The van der Waals surface area contributed by atoms with Gasteiger partial charge in [0.25, 0.3) is 11.5 Å². The van der Waals surface area contributed by atoms with E-state index in [0.717, 1.165) is 27.6 Å². The number of methoxy groups -OCH3 is 2. The molecule has 11 heteroatoms. The maximum atomic E-state index is 15.5. The second-order valence-corrected chi connectivity index (χ2v) is 20.7. The summed E-state index contributed by atoms with van der Waals surface area (Å²) in [5, 5.41) is 11.7. The van der Waals surface area contributed by atoms with Gasteiger partial charge in [-0.1, -0.05) is 91.9 Å². The van der Waals surface area contributed by atoms with Gasteiger partial charge in [0.2, 0.25) is 5.91 Å². The molecule has 3 aliphatic heterocycles. The Labute approximate surface area is 334 Å². The summed E-state index contributed by atoms with van der Waals surface area (Å²) < 4.78 is 19.8. The summed E-state index contributed by atoms with van der Waals surface area (Å²) in [5.41, 5.74) is 3.13. The molecule has 5 atom stereocenters. The van der Waals surface area contributed by atoms with Gasteiger partial charge in [-0.3, -0.25) is 19.0 Å². The van der Waals surface area contributed by atoms with Crippen LogP contribution in [0.4, 0.5) is 5.69 Å². The summed E-state index contributed by atoms with van der Waals surface area (Å²) in [6, 6.07) is 34.7. The minimum atomic E-state index is -2.59. The Bertz CT molecular complexity index is 2360. The summed E-state index contributed by atoms with van der Waals surface area (Å²) in [7, 11) is 0.522. The molecule has 1 N–H and O–H groups in total. The number of anilines is 1. The molecule has 3 aliphatic rings. The van der Waals surface area contributed by atoms with E-state index in [9.17, 15) is 14.7 Å². The first-order valence-electron chi connectivity index (χ1n) is 19.6. The van der Waals surface area contributed by atoms with Crippen LogP contribution in [0, 0.1) is 5.92 Å². The Balaban J connectivity index is 1.26. The molecular formula is C46H49N3O7Si. The van der Waals surface area contributed by atoms with Gasteiger partial charge in [0.05, 0.1) is 59.7 Å². The molecule has 4 aromatic carbocycles. The van der Waals surface area contributed by atoms with Crippen molar-refractivity contribution in [1.82, 2.24) is 9.47 Å². The Morgan fingerprint density at radius 1 is 0.895 bits per heavy atom. The number of carbonyl (C=O) groups excluding carboxylic acids is 2. The van der Waals surface area contributed by atoms with Crippen molar-refractivity contribution >= 4 is 30.8 Å². The van der Waals surface area contributed by atoms with Gasteiger partial charge in [-0.25, -0.2) is 0 Å². The predicted molar refractivity (Wildman–Crippen MR) is 222 cm³/mol.